The zero-order valence-corrected chi connectivity index (χ0v) is 16.8. The molecule has 0 heterocycles. The van der Waals surface area contributed by atoms with Gasteiger partial charge in [0, 0.05) is 41.7 Å². The summed E-state index contributed by atoms with van der Waals surface area (Å²) in [5, 5.41) is 58.4. The van der Waals surface area contributed by atoms with E-state index in [0.29, 0.717) is 18.8 Å². The Bertz CT molecular complexity index is 1230. The smallest absolute Gasteiger partial charge is 0.272 e. The van der Waals surface area contributed by atoms with Crippen molar-refractivity contribution in [3.05, 3.63) is 69.8 Å². The van der Waals surface area contributed by atoms with Crippen LogP contribution in [0.15, 0.2) is 58.8 Å². The predicted molar refractivity (Wildman–Crippen MR) is 117 cm³/mol. The number of nitriles is 2. The summed E-state index contributed by atoms with van der Waals surface area (Å²) in [5.41, 5.74) is 0.586. The van der Waals surface area contributed by atoms with Crippen LogP contribution in [0.25, 0.3) is 10.8 Å². The van der Waals surface area contributed by atoms with Crippen molar-refractivity contribution in [1.29, 1.82) is 10.5 Å². The normalized spacial score (nSPS) is 10.8. The molecule has 0 saturated carbocycles. The molecule has 3 aromatic rings. The van der Waals surface area contributed by atoms with Crippen molar-refractivity contribution in [2.45, 2.75) is 0 Å². The van der Waals surface area contributed by atoms with Crippen LogP contribution < -0.4 is 4.90 Å². The van der Waals surface area contributed by atoms with Gasteiger partial charge in [0.05, 0.1) is 35.0 Å². The van der Waals surface area contributed by atoms with Gasteiger partial charge >= 0.3 is 0 Å². The first-order valence-electron chi connectivity index (χ1n) is 9.56. The van der Waals surface area contributed by atoms with Crippen LogP contribution in [0.3, 0.4) is 0 Å². The Labute approximate surface area is 183 Å². The van der Waals surface area contributed by atoms with E-state index in [1.165, 1.54) is 0 Å². The molecule has 3 aromatic carbocycles. The molecule has 32 heavy (non-hydrogen) atoms. The third kappa shape index (κ3) is 4.52. The molecular formula is C22H18N6O4. The monoisotopic (exact) mass is 430 g/mol. The molecule has 10 heteroatoms. The molecule has 160 valence electrons. The number of benzene rings is 3. The fourth-order valence-corrected chi connectivity index (χ4v) is 3.33. The number of rotatable bonds is 8. The molecule has 0 atom stereocenters. The second-order valence-corrected chi connectivity index (χ2v) is 6.65. The molecule has 0 unspecified atom stereocenters. The van der Waals surface area contributed by atoms with Crippen molar-refractivity contribution in [3.8, 4) is 12.1 Å². The lowest BCUT2D eigenvalue weighted by molar-refractivity contribution is -0.384. The van der Waals surface area contributed by atoms with Crippen molar-refractivity contribution in [2.24, 2.45) is 10.2 Å². The Hall–Kier alpha value is -4.38. The largest absolute Gasteiger partial charge is 0.395 e. The highest BCUT2D eigenvalue weighted by molar-refractivity contribution is 6.01. The van der Waals surface area contributed by atoms with Crippen LogP contribution in [-0.2, 0) is 0 Å². The molecule has 0 amide bonds. The van der Waals surface area contributed by atoms with Crippen LogP contribution in [0.1, 0.15) is 11.1 Å². The van der Waals surface area contributed by atoms with Crippen LogP contribution in [0.5, 0.6) is 0 Å². The predicted octanol–water partition coefficient (Wildman–Crippen LogP) is 3.70. The molecule has 0 aliphatic heterocycles. The molecule has 0 spiro atoms. The summed E-state index contributed by atoms with van der Waals surface area (Å²) < 4.78 is 0. The van der Waals surface area contributed by atoms with Crippen molar-refractivity contribution >= 4 is 33.5 Å². The standard InChI is InChI=1S/C22H18N6O4/c23-13-15-11-17(28(31)32)12-16(14-24)22(15)26-25-20-5-6-21(27(7-9-29)8-10-30)19-4-2-1-3-18(19)20/h1-6,11-12,29-30H,7-10H2. The van der Waals surface area contributed by atoms with E-state index in [9.17, 15) is 30.9 Å². The van der Waals surface area contributed by atoms with Gasteiger partial charge in [-0.3, -0.25) is 10.1 Å². The maximum atomic E-state index is 11.1. The number of nitrogens with zero attached hydrogens (tertiary/aromatic N) is 6. The van der Waals surface area contributed by atoms with Gasteiger partial charge in [0.2, 0.25) is 0 Å². The fraction of sp³-hybridized carbons (Fsp3) is 0.182. The van der Waals surface area contributed by atoms with Crippen molar-refractivity contribution in [2.75, 3.05) is 31.2 Å². The number of anilines is 1. The number of aliphatic hydroxyl groups excluding tert-OH is 2. The summed E-state index contributed by atoms with van der Waals surface area (Å²) in [7, 11) is 0. The second-order valence-electron chi connectivity index (χ2n) is 6.65. The molecule has 0 aliphatic carbocycles. The van der Waals surface area contributed by atoms with E-state index >= 15 is 0 Å². The number of aliphatic hydroxyl groups is 2. The topological polar surface area (TPSA) is 159 Å². The maximum absolute atomic E-state index is 11.1. The molecule has 3 rings (SSSR count). The van der Waals surface area contributed by atoms with Crippen LogP contribution in [-0.4, -0.2) is 41.4 Å². The third-order valence-electron chi connectivity index (χ3n) is 4.76. The molecule has 2 N–H and O–H groups in total. The second kappa shape index (κ2) is 10.1. The number of nitro groups is 1. The quantitative estimate of drug-likeness (QED) is 0.313. The molecule has 0 aromatic heterocycles. The van der Waals surface area contributed by atoms with Gasteiger partial charge in [-0.1, -0.05) is 24.3 Å². The highest BCUT2D eigenvalue weighted by Gasteiger charge is 2.17. The van der Waals surface area contributed by atoms with E-state index < -0.39 is 4.92 Å². The third-order valence-corrected chi connectivity index (χ3v) is 4.76. The van der Waals surface area contributed by atoms with Gasteiger partial charge in [-0.05, 0) is 12.1 Å². The molecule has 0 bridgehead atoms. The minimum Gasteiger partial charge on any atom is -0.395 e. The summed E-state index contributed by atoms with van der Waals surface area (Å²) in [6.45, 7) is 0.518. The zero-order valence-electron chi connectivity index (χ0n) is 16.8. The molecule has 10 nitrogen and oxygen atoms in total. The van der Waals surface area contributed by atoms with Crippen LogP contribution in [0, 0.1) is 32.8 Å². The molecular weight excluding hydrogens is 412 g/mol. The Kier molecular flexibility index (Phi) is 7.03. The molecule has 0 fully saturated rings. The lowest BCUT2D eigenvalue weighted by Crippen LogP contribution is -2.29. The van der Waals surface area contributed by atoms with E-state index in [2.05, 4.69) is 10.2 Å². The van der Waals surface area contributed by atoms with Gasteiger partial charge in [-0.2, -0.15) is 10.5 Å². The van der Waals surface area contributed by atoms with Gasteiger partial charge in [0.15, 0.2) is 0 Å². The Morgan fingerprint density at radius 1 is 0.938 bits per heavy atom. The van der Waals surface area contributed by atoms with E-state index in [-0.39, 0.29) is 35.7 Å². The van der Waals surface area contributed by atoms with E-state index in [1.807, 2.05) is 41.3 Å². The first kappa shape index (κ1) is 22.3. The number of hydrogen-bond acceptors (Lipinski definition) is 9. The minimum absolute atomic E-state index is 0.0454. The SMILES string of the molecule is N#Cc1cc([N+](=O)[O-])cc(C#N)c1N=Nc1ccc(N(CCO)CCO)c2ccccc12. The Morgan fingerprint density at radius 3 is 2.06 bits per heavy atom. The summed E-state index contributed by atoms with van der Waals surface area (Å²) >= 11 is 0. The maximum Gasteiger partial charge on any atom is 0.272 e. The van der Waals surface area contributed by atoms with Crippen molar-refractivity contribution in [3.63, 3.8) is 0 Å². The Morgan fingerprint density at radius 2 is 1.53 bits per heavy atom. The van der Waals surface area contributed by atoms with Crippen LogP contribution in [0.4, 0.5) is 22.7 Å². The molecule has 0 saturated heterocycles. The lowest BCUT2D eigenvalue weighted by atomic mass is 10.1. The van der Waals surface area contributed by atoms with Gasteiger partial charge in [-0.25, -0.2) is 0 Å². The van der Waals surface area contributed by atoms with Gasteiger partial charge in [0.1, 0.15) is 17.8 Å². The van der Waals surface area contributed by atoms with Gasteiger partial charge in [0.25, 0.3) is 5.69 Å². The van der Waals surface area contributed by atoms with Gasteiger partial charge < -0.3 is 15.1 Å². The van der Waals surface area contributed by atoms with E-state index in [0.717, 1.165) is 28.6 Å². The number of fused-ring (bicyclic) bond motifs is 1. The van der Waals surface area contributed by atoms with Crippen LogP contribution in [0.2, 0.25) is 0 Å². The van der Waals surface area contributed by atoms with Gasteiger partial charge in [-0.15, -0.1) is 10.2 Å². The first-order chi connectivity index (χ1) is 15.5. The number of nitro benzene ring substituents is 1. The van der Waals surface area contributed by atoms with Crippen LogP contribution >= 0.6 is 0 Å². The summed E-state index contributed by atoms with van der Waals surface area (Å²) in [6.07, 6.45) is 0. The molecule has 0 aliphatic rings. The fourth-order valence-electron chi connectivity index (χ4n) is 3.33. The molecule has 0 radical (unpaired) electrons. The highest BCUT2D eigenvalue weighted by atomic mass is 16.6. The first-order valence-corrected chi connectivity index (χ1v) is 9.56. The van der Waals surface area contributed by atoms with E-state index in [4.69, 9.17) is 0 Å². The number of non-ortho nitro benzene ring substituents is 1. The van der Waals surface area contributed by atoms with Crippen molar-refractivity contribution < 1.29 is 15.1 Å². The summed E-state index contributed by atoms with van der Waals surface area (Å²) in [4.78, 5) is 12.2. The lowest BCUT2D eigenvalue weighted by Gasteiger charge is -2.24. The summed E-state index contributed by atoms with van der Waals surface area (Å²) in [5.74, 6) is 0. The minimum atomic E-state index is -0.681. The Balaban J connectivity index is 2.12. The average molecular weight is 430 g/mol. The van der Waals surface area contributed by atoms with E-state index in [1.54, 1.807) is 12.1 Å². The average Bonchev–Trinajstić information content (AvgIpc) is 2.81. The zero-order chi connectivity index (χ0) is 23.1. The number of azo groups is 1. The van der Waals surface area contributed by atoms with Crippen molar-refractivity contribution in [1.82, 2.24) is 0 Å². The summed E-state index contributed by atoms with van der Waals surface area (Å²) in [6, 6.07) is 16.6. The highest BCUT2D eigenvalue weighted by Crippen LogP contribution is 2.36. The number of hydrogen-bond donors (Lipinski definition) is 2.